The molecule has 29 heavy (non-hydrogen) atoms. The number of hydrogen-bond acceptors (Lipinski definition) is 0. The SMILES string of the molecule is Clc1ccc2c(c1)c1c(c3c4ccccc4c4ccccc4c23)C2=C(C=C=C2)C1. The van der Waals surface area contributed by atoms with Crippen molar-refractivity contribution in [3.05, 3.63) is 106 Å². The average molecular weight is 387 g/mol. The highest BCUT2D eigenvalue weighted by Gasteiger charge is 2.27. The second-order valence-electron chi connectivity index (χ2n) is 7.96. The van der Waals surface area contributed by atoms with Crippen molar-refractivity contribution in [3.8, 4) is 0 Å². The van der Waals surface area contributed by atoms with Gasteiger partial charge in [0.05, 0.1) is 0 Å². The number of allylic oxidation sites excluding steroid dienone is 3. The average Bonchev–Trinajstić information content (AvgIpc) is 3.35. The quantitative estimate of drug-likeness (QED) is 0.187. The highest BCUT2D eigenvalue weighted by atomic mass is 35.5. The first-order chi connectivity index (χ1) is 14.3. The van der Waals surface area contributed by atoms with Crippen LogP contribution in [0.4, 0.5) is 0 Å². The number of rotatable bonds is 0. The third-order valence-electron chi connectivity index (χ3n) is 6.53. The summed E-state index contributed by atoms with van der Waals surface area (Å²) in [5.74, 6) is 0. The van der Waals surface area contributed by atoms with E-state index in [1.54, 1.807) is 0 Å². The highest BCUT2D eigenvalue weighted by Crippen LogP contribution is 2.49. The zero-order valence-corrected chi connectivity index (χ0v) is 16.3. The van der Waals surface area contributed by atoms with Gasteiger partial charge < -0.3 is 0 Å². The van der Waals surface area contributed by atoms with Crippen LogP contribution >= 0.6 is 11.6 Å². The molecule has 0 N–H and O–H groups in total. The van der Waals surface area contributed by atoms with E-state index in [4.69, 9.17) is 11.6 Å². The van der Waals surface area contributed by atoms with E-state index in [0.717, 1.165) is 11.4 Å². The van der Waals surface area contributed by atoms with Crippen molar-refractivity contribution in [1.29, 1.82) is 0 Å². The maximum absolute atomic E-state index is 6.46. The molecule has 0 fully saturated rings. The van der Waals surface area contributed by atoms with E-state index in [1.165, 1.54) is 65.4 Å². The summed E-state index contributed by atoms with van der Waals surface area (Å²) in [6.45, 7) is 0. The minimum absolute atomic E-state index is 0.794. The first kappa shape index (κ1) is 15.6. The topological polar surface area (TPSA) is 0 Å². The molecule has 5 aromatic rings. The lowest BCUT2D eigenvalue weighted by atomic mass is 9.85. The summed E-state index contributed by atoms with van der Waals surface area (Å²) in [5, 5.41) is 11.3. The summed E-state index contributed by atoms with van der Waals surface area (Å²) in [7, 11) is 0. The van der Waals surface area contributed by atoms with E-state index in [-0.39, 0.29) is 0 Å². The molecule has 0 heterocycles. The van der Waals surface area contributed by atoms with E-state index in [2.05, 4.69) is 78.5 Å². The fourth-order valence-electron chi connectivity index (χ4n) is 5.40. The second kappa shape index (κ2) is 5.39. The lowest BCUT2D eigenvalue weighted by Crippen LogP contribution is -1.94. The number of fused-ring (bicyclic) bond motifs is 12. The maximum Gasteiger partial charge on any atom is 0.0412 e. The first-order valence-corrected chi connectivity index (χ1v) is 10.3. The molecule has 0 bridgehead atoms. The van der Waals surface area contributed by atoms with Crippen molar-refractivity contribution in [3.63, 3.8) is 0 Å². The van der Waals surface area contributed by atoms with E-state index in [0.29, 0.717) is 0 Å². The van der Waals surface area contributed by atoms with Crippen LogP contribution in [-0.4, -0.2) is 0 Å². The van der Waals surface area contributed by atoms with Crippen LogP contribution in [0.2, 0.25) is 5.02 Å². The summed E-state index contributed by atoms with van der Waals surface area (Å²) in [4.78, 5) is 0. The van der Waals surface area contributed by atoms with Gasteiger partial charge in [0.15, 0.2) is 0 Å². The molecule has 0 atom stereocenters. The van der Waals surface area contributed by atoms with Crippen LogP contribution in [-0.2, 0) is 6.42 Å². The second-order valence-corrected chi connectivity index (χ2v) is 8.39. The third-order valence-corrected chi connectivity index (χ3v) is 6.76. The lowest BCUT2D eigenvalue weighted by Gasteiger charge is -2.18. The fraction of sp³-hybridized carbons (Fsp3) is 0.0357. The van der Waals surface area contributed by atoms with Gasteiger partial charge >= 0.3 is 0 Å². The standard InChI is InChI=1S/C28H15Cl/c29-17-12-13-23-24(15-17)25-14-16-6-5-11-18(16)26(25)28-22-10-4-2-8-20(22)19-7-1-3-9-21(19)27(23)28/h1-4,6-13,15H,14H2. The van der Waals surface area contributed by atoms with Gasteiger partial charge in [0.1, 0.15) is 0 Å². The van der Waals surface area contributed by atoms with E-state index in [1.807, 2.05) is 6.07 Å². The normalized spacial score (nSPS) is 14.7. The molecular formula is C28H15Cl. The molecule has 0 aliphatic heterocycles. The molecule has 0 aromatic heterocycles. The van der Waals surface area contributed by atoms with E-state index in [9.17, 15) is 0 Å². The Hall–Kier alpha value is -3.31. The van der Waals surface area contributed by atoms with Crippen LogP contribution in [0.15, 0.2) is 90.2 Å². The van der Waals surface area contributed by atoms with Crippen LogP contribution in [0.1, 0.15) is 11.1 Å². The largest absolute Gasteiger partial charge is 0.120 e. The molecule has 0 amide bonds. The molecule has 0 unspecified atom stereocenters. The maximum atomic E-state index is 6.46. The molecule has 0 saturated carbocycles. The first-order valence-electron chi connectivity index (χ1n) is 9.94. The smallest absolute Gasteiger partial charge is 0.0412 e. The summed E-state index contributed by atoms with van der Waals surface area (Å²) in [5.41, 5.74) is 8.78. The minimum Gasteiger partial charge on any atom is -0.120 e. The third kappa shape index (κ3) is 1.90. The Morgan fingerprint density at radius 3 is 2.07 bits per heavy atom. The van der Waals surface area contributed by atoms with Gasteiger partial charge in [0.2, 0.25) is 0 Å². The van der Waals surface area contributed by atoms with Crippen molar-refractivity contribution in [2.75, 3.05) is 0 Å². The molecular weight excluding hydrogens is 372 g/mol. The van der Waals surface area contributed by atoms with E-state index < -0.39 is 0 Å². The Bertz CT molecular complexity index is 1660. The van der Waals surface area contributed by atoms with Gasteiger partial charge in [-0.05, 0) is 96.1 Å². The molecule has 0 spiro atoms. The van der Waals surface area contributed by atoms with Crippen LogP contribution in [0, 0.1) is 0 Å². The van der Waals surface area contributed by atoms with Gasteiger partial charge in [-0.3, -0.25) is 0 Å². The van der Waals surface area contributed by atoms with Gasteiger partial charge in [0, 0.05) is 5.02 Å². The predicted molar refractivity (Wildman–Crippen MR) is 125 cm³/mol. The predicted octanol–water partition coefficient (Wildman–Crippen LogP) is 7.99. The summed E-state index contributed by atoms with van der Waals surface area (Å²) >= 11 is 6.46. The van der Waals surface area contributed by atoms with Crippen molar-refractivity contribution in [2.45, 2.75) is 6.42 Å². The minimum atomic E-state index is 0.794. The Morgan fingerprint density at radius 2 is 1.31 bits per heavy atom. The molecule has 134 valence electrons. The van der Waals surface area contributed by atoms with Crippen molar-refractivity contribution < 1.29 is 0 Å². The van der Waals surface area contributed by atoms with Crippen molar-refractivity contribution >= 4 is 60.3 Å². The van der Waals surface area contributed by atoms with E-state index >= 15 is 0 Å². The molecule has 0 saturated heterocycles. The van der Waals surface area contributed by atoms with Crippen LogP contribution in [0.5, 0.6) is 0 Å². The zero-order chi connectivity index (χ0) is 19.1. The Morgan fingerprint density at radius 1 is 0.655 bits per heavy atom. The zero-order valence-electron chi connectivity index (χ0n) is 15.6. The Balaban J connectivity index is 1.89. The van der Waals surface area contributed by atoms with Gasteiger partial charge in [-0.25, -0.2) is 0 Å². The van der Waals surface area contributed by atoms with Gasteiger partial charge in [-0.1, -0.05) is 66.2 Å². The number of hydrogen-bond donors (Lipinski definition) is 0. The molecule has 7 rings (SSSR count). The Kier molecular flexibility index (Phi) is 2.90. The van der Waals surface area contributed by atoms with Gasteiger partial charge in [-0.15, -0.1) is 5.73 Å². The fourth-order valence-corrected chi connectivity index (χ4v) is 5.57. The lowest BCUT2D eigenvalue weighted by molar-refractivity contribution is 1.28. The summed E-state index contributed by atoms with van der Waals surface area (Å²) in [6, 6.07) is 24.0. The van der Waals surface area contributed by atoms with Crippen LogP contribution in [0.25, 0.3) is 48.7 Å². The molecule has 0 nitrogen and oxygen atoms in total. The monoisotopic (exact) mass is 386 g/mol. The summed E-state index contributed by atoms with van der Waals surface area (Å²) in [6.07, 6.45) is 5.24. The van der Waals surface area contributed by atoms with Crippen LogP contribution < -0.4 is 0 Å². The van der Waals surface area contributed by atoms with Gasteiger partial charge in [0.25, 0.3) is 0 Å². The molecule has 2 aliphatic carbocycles. The molecule has 1 heteroatoms. The van der Waals surface area contributed by atoms with Crippen LogP contribution in [0.3, 0.4) is 0 Å². The van der Waals surface area contributed by atoms with Crippen molar-refractivity contribution in [2.24, 2.45) is 0 Å². The highest BCUT2D eigenvalue weighted by molar-refractivity contribution is 6.36. The molecule has 0 radical (unpaired) electrons. The van der Waals surface area contributed by atoms with Crippen molar-refractivity contribution in [1.82, 2.24) is 0 Å². The number of benzene rings is 5. The Labute approximate surface area is 173 Å². The molecule has 5 aromatic carbocycles. The number of halogens is 1. The molecule has 2 aliphatic rings. The van der Waals surface area contributed by atoms with Gasteiger partial charge in [-0.2, -0.15) is 0 Å². The summed E-state index contributed by atoms with van der Waals surface area (Å²) < 4.78 is 0.